The molecule has 0 radical (unpaired) electrons. The number of hydrogen-bond acceptors (Lipinski definition) is 6. The summed E-state index contributed by atoms with van der Waals surface area (Å²) in [5.74, 6) is -0.507. The van der Waals surface area contributed by atoms with Gasteiger partial charge in [-0.2, -0.15) is 22.5 Å². The summed E-state index contributed by atoms with van der Waals surface area (Å²) in [7, 11) is -3.90. The largest absolute Gasteiger partial charge is 0.465 e. The van der Waals surface area contributed by atoms with Crippen molar-refractivity contribution in [3.63, 3.8) is 0 Å². The van der Waals surface area contributed by atoms with E-state index in [0.717, 1.165) is 5.56 Å². The second kappa shape index (κ2) is 8.59. The molecule has 146 valence electrons. The van der Waals surface area contributed by atoms with E-state index < -0.39 is 28.3 Å². The fourth-order valence-corrected chi connectivity index (χ4v) is 4.76. The van der Waals surface area contributed by atoms with Crippen molar-refractivity contribution >= 4 is 16.2 Å². The van der Waals surface area contributed by atoms with Crippen LogP contribution < -0.4 is 4.72 Å². The van der Waals surface area contributed by atoms with Crippen LogP contribution in [0, 0.1) is 0 Å². The van der Waals surface area contributed by atoms with Crippen molar-refractivity contribution in [1.29, 1.82) is 0 Å². The van der Waals surface area contributed by atoms with Crippen LogP contribution >= 0.6 is 0 Å². The minimum Gasteiger partial charge on any atom is -0.465 e. The Labute approximate surface area is 158 Å². The SMILES string of the molecule is CCOC(=O)[C@H]1CCCN1S(=O)(=O)N[C@H](Cn1cncn1)c1ccccc1. The summed E-state index contributed by atoms with van der Waals surface area (Å²) in [6, 6.07) is 7.90. The molecule has 0 saturated carbocycles. The van der Waals surface area contributed by atoms with E-state index in [1.807, 2.05) is 30.3 Å². The fourth-order valence-electron chi connectivity index (χ4n) is 3.16. The first kappa shape index (κ1) is 19.5. The molecular formula is C17H23N5O4S. The highest BCUT2D eigenvalue weighted by atomic mass is 32.2. The lowest BCUT2D eigenvalue weighted by atomic mass is 10.1. The maximum absolute atomic E-state index is 13.0. The van der Waals surface area contributed by atoms with Crippen LogP contribution in [-0.2, 0) is 26.3 Å². The number of ether oxygens (including phenoxy) is 1. The normalized spacial score (nSPS) is 19.1. The van der Waals surface area contributed by atoms with E-state index in [2.05, 4.69) is 14.8 Å². The molecule has 1 aliphatic heterocycles. The molecule has 2 aromatic rings. The van der Waals surface area contributed by atoms with Gasteiger partial charge in [0.25, 0.3) is 10.2 Å². The Kier molecular flexibility index (Phi) is 6.19. The van der Waals surface area contributed by atoms with E-state index in [9.17, 15) is 13.2 Å². The first-order valence-electron chi connectivity index (χ1n) is 8.84. The smallest absolute Gasteiger partial charge is 0.324 e. The Morgan fingerprint density at radius 2 is 2.15 bits per heavy atom. The van der Waals surface area contributed by atoms with Gasteiger partial charge >= 0.3 is 5.97 Å². The van der Waals surface area contributed by atoms with Gasteiger partial charge in [-0.05, 0) is 25.3 Å². The van der Waals surface area contributed by atoms with Crippen LogP contribution in [-0.4, -0.2) is 52.7 Å². The van der Waals surface area contributed by atoms with Crippen LogP contribution in [0.3, 0.4) is 0 Å². The van der Waals surface area contributed by atoms with Crippen LogP contribution in [0.25, 0.3) is 0 Å². The summed E-state index contributed by atoms with van der Waals surface area (Å²) in [5, 5.41) is 4.06. The molecule has 9 nitrogen and oxygen atoms in total. The van der Waals surface area contributed by atoms with Gasteiger partial charge in [0.05, 0.1) is 19.2 Å². The molecule has 3 rings (SSSR count). The quantitative estimate of drug-likeness (QED) is 0.668. The van der Waals surface area contributed by atoms with E-state index in [-0.39, 0.29) is 19.7 Å². The lowest BCUT2D eigenvalue weighted by Crippen LogP contribution is -2.48. The number of hydrogen-bond donors (Lipinski definition) is 1. The summed E-state index contributed by atoms with van der Waals surface area (Å²) in [6.45, 7) is 2.48. The first-order valence-corrected chi connectivity index (χ1v) is 10.3. The number of nitrogens with zero attached hydrogens (tertiary/aromatic N) is 4. The van der Waals surface area contributed by atoms with Gasteiger partial charge in [0, 0.05) is 6.54 Å². The second-order valence-corrected chi connectivity index (χ2v) is 7.88. The molecule has 2 heterocycles. The monoisotopic (exact) mass is 393 g/mol. The molecule has 0 unspecified atom stereocenters. The van der Waals surface area contributed by atoms with Crippen molar-refractivity contribution < 1.29 is 17.9 Å². The van der Waals surface area contributed by atoms with Crippen LogP contribution in [0.4, 0.5) is 0 Å². The van der Waals surface area contributed by atoms with Gasteiger partial charge in [-0.25, -0.2) is 4.98 Å². The average Bonchev–Trinajstić information content (AvgIpc) is 3.34. The van der Waals surface area contributed by atoms with Gasteiger partial charge in [-0.15, -0.1) is 0 Å². The highest BCUT2D eigenvalue weighted by molar-refractivity contribution is 7.87. The molecule has 2 atom stereocenters. The molecule has 1 fully saturated rings. The molecular weight excluding hydrogens is 370 g/mol. The summed E-state index contributed by atoms with van der Waals surface area (Å²) >= 11 is 0. The third-order valence-corrected chi connectivity index (χ3v) is 6.04. The molecule has 1 aromatic carbocycles. The van der Waals surface area contributed by atoms with Crippen molar-refractivity contribution in [2.45, 2.75) is 38.4 Å². The highest BCUT2D eigenvalue weighted by Gasteiger charge is 2.40. The predicted octanol–water partition coefficient (Wildman–Crippen LogP) is 0.881. The molecule has 0 aliphatic carbocycles. The van der Waals surface area contributed by atoms with Crippen molar-refractivity contribution in [1.82, 2.24) is 23.8 Å². The Hall–Kier alpha value is -2.30. The molecule has 0 bridgehead atoms. The van der Waals surface area contributed by atoms with Crippen LogP contribution in [0.2, 0.25) is 0 Å². The first-order chi connectivity index (χ1) is 13.0. The Morgan fingerprint density at radius 3 is 2.81 bits per heavy atom. The summed E-state index contributed by atoms with van der Waals surface area (Å²) < 4.78 is 36.6. The topological polar surface area (TPSA) is 106 Å². The van der Waals surface area contributed by atoms with Gasteiger partial charge in [0.1, 0.15) is 18.7 Å². The number of carbonyl (C=O) groups is 1. The predicted molar refractivity (Wildman–Crippen MR) is 97.6 cm³/mol. The summed E-state index contributed by atoms with van der Waals surface area (Å²) in [5.41, 5.74) is 0.795. The van der Waals surface area contributed by atoms with Crippen LogP contribution in [0.5, 0.6) is 0 Å². The number of benzene rings is 1. The summed E-state index contributed by atoms with van der Waals surface area (Å²) in [6.07, 6.45) is 4.00. The number of rotatable bonds is 8. The maximum Gasteiger partial charge on any atom is 0.324 e. The molecule has 0 amide bonds. The number of nitrogens with one attached hydrogen (secondary N) is 1. The van der Waals surface area contributed by atoms with Gasteiger partial charge < -0.3 is 4.74 Å². The molecule has 1 N–H and O–H groups in total. The minimum absolute atomic E-state index is 0.218. The zero-order valence-electron chi connectivity index (χ0n) is 15.1. The average molecular weight is 393 g/mol. The van der Waals surface area contributed by atoms with E-state index in [1.165, 1.54) is 17.0 Å². The molecule has 27 heavy (non-hydrogen) atoms. The number of carbonyl (C=O) groups excluding carboxylic acids is 1. The van der Waals surface area contributed by atoms with Crippen molar-refractivity contribution in [2.24, 2.45) is 0 Å². The number of aromatic nitrogens is 3. The Bertz CT molecular complexity index is 841. The van der Waals surface area contributed by atoms with Crippen molar-refractivity contribution in [3.05, 3.63) is 48.5 Å². The lowest BCUT2D eigenvalue weighted by Gasteiger charge is -2.26. The summed E-state index contributed by atoms with van der Waals surface area (Å²) in [4.78, 5) is 16.0. The van der Waals surface area contributed by atoms with E-state index in [1.54, 1.807) is 11.6 Å². The fraction of sp³-hybridized carbons (Fsp3) is 0.471. The highest BCUT2D eigenvalue weighted by Crippen LogP contribution is 2.24. The third-order valence-electron chi connectivity index (χ3n) is 4.40. The van der Waals surface area contributed by atoms with E-state index in [4.69, 9.17) is 4.74 Å². The lowest BCUT2D eigenvalue weighted by molar-refractivity contribution is -0.146. The standard InChI is InChI=1S/C17H23N5O4S/c1-2-26-17(23)16-9-6-10-22(16)27(24,25)20-15(11-21-13-18-12-19-21)14-7-4-3-5-8-14/h3-5,7-8,12-13,15-16,20H,2,6,9-11H2,1H3/t15-,16-/m1/s1. The van der Waals surface area contributed by atoms with Crippen LogP contribution in [0.1, 0.15) is 31.4 Å². The third kappa shape index (κ3) is 4.71. The Balaban J connectivity index is 1.82. The van der Waals surface area contributed by atoms with Gasteiger partial charge in [-0.1, -0.05) is 30.3 Å². The van der Waals surface area contributed by atoms with Gasteiger partial charge in [-0.3, -0.25) is 9.48 Å². The minimum atomic E-state index is -3.90. The van der Waals surface area contributed by atoms with Gasteiger partial charge in [0.2, 0.25) is 0 Å². The van der Waals surface area contributed by atoms with E-state index in [0.29, 0.717) is 12.8 Å². The zero-order chi connectivity index (χ0) is 19.3. The van der Waals surface area contributed by atoms with E-state index >= 15 is 0 Å². The zero-order valence-corrected chi connectivity index (χ0v) is 15.9. The van der Waals surface area contributed by atoms with Crippen LogP contribution in [0.15, 0.2) is 43.0 Å². The number of esters is 1. The van der Waals surface area contributed by atoms with Crippen molar-refractivity contribution in [2.75, 3.05) is 13.2 Å². The molecule has 1 aliphatic rings. The Morgan fingerprint density at radius 1 is 1.37 bits per heavy atom. The van der Waals surface area contributed by atoms with Crippen molar-refractivity contribution in [3.8, 4) is 0 Å². The van der Waals surface area contributed by atoms with Gasteiger partial charge in [0.15, 0.2) is 0 Å². The second-order valence-electron chi connectivity index (χ2n) is 6.22. The maximum atomic E-state index is 13.0. The molecule has 1 saturated heterocycles. The molecule has 1 aromatic heterocycles. The molecule has 10 heteroatoms. The molecule has 0 spiro atoms.